The highest BCUT2D eigenvalue weighted by Crippen LogP contribution is 2.32. The highest BCUT2D eigenvalue weighted by molar-refractivity contribution is 7.98. The number of thioether (sulfide) groups is 1. The molecular formula is C26H28N2O2S2. The van der Waals surface area contributed by atoms with Crippen LogP contribution in [0.15, 0.2) is 58.5 Å². The topological polar surface area (TPSA) is 44.1 Å². The summed E-state index contributed by atoms with van der Waals surface area (Å²) in [7, 11) is 0. The van der Waals surface area contributed by atoms with Crippen molar-refractivity contribution in [2.75, 3.05) is 6.61 Å². The Hall–Kier alpha value is -2.57. The molecule has 0 unspecified atom stereocenters. The molecule has 2 aromatic heterocycles. The first kappa shape index (κ1) is 22.6. The van der Waals surface area contributed by atoms with E-state index >= 15 is 0 Å². The van der Waals surface area contributed by atoms with Crippen molar-refractivity contribution < 1.29 is 4.74 Å². The summed E-state index contributed by atoms with van der Waals surface area (Å²) in [5.41, 5.74) is 4.33. The monoisotopic (exact) mass is 464 g/mol. The molecular weight excluding hydrogens is 436 g/mol. The van der Waals surface area contributed by atoms with E-state index in [-0.39, 0.29) is 5.56 Å². The van der Waals surface area contributed by atoms with E-state index in [0.29, 0.717) is 6.61 Å². The molecule has 166 valence electrons. The van der Waals surface area contributed by atoms with Crippen molar-refractivity contribution in [3.05, 3.63) is 80.5 Å². The molecule has 4 aromatic rings. The fourth-order valence-electron chi connectivity index (χ4n) is 3.81. The number of benzene rings is 2. The summed E-state index contributed by atoms with van der Waals surface area (Å²) in [6, 6.07) is 16.2. The molecule has 0 radical (unpaired) electrons. The summed E-state index contributed by atoms with van der Waals surface area (Å²) in [6.07, 6.45) is 2.02. The molecule has 32 heavy (non-hydrogen) atoms. The van der Waals surface area contributed by atoms with E-state index in [0.717, 1.165) is 51.0 Å². The lowest BCUT2D eigenvalue weighted by Gasteiger charge is -2.13. The second-order valence-corrected chi connectivity index (χ2v) is 9.85. The lowest BCUT2D eigenvalue weighted by atomic mass is 10.1. The minimum atomic E-state index is 0.00186. The average molecular weight is 465 g/mol. The molecule has 0 atom stereocenters. The quantitative estimate of drug-likeness (QED) is 0.215. The molecule has 2 heterocycles. The molecule has 0 bridgehead atoms. The number of hydrogen-bond acceptors (Lipinski definition) is 5. The van der Waals surface area contributed by atoms with Crippen molar-refractivity contribution in [1.82, 2.24) is 9.55 Å². The van der Waals surface area contributed by atoms with Gasteiger partial charge in [0, 0.05) is 10.6 Å². The Bertz CT molecular complexity index is 1290. The summed E-state index contributed by atoms with van der Waals surface area (Å²) < 4.78 is 7.34. The highest BCUT2D eigenvalue weighted by Gasteiger charge is 2.19. The number of fused-ring (bicyclic) bond motifs is 1. The Labute approximate surface area is 197 Å². The fraction of sp³-hybridized carbons (Fsp3) is 0.308. The molecule has 2 aromatic carbocycles. The zero-order valence-electron chi connectivity index (χ0n) is 19.0. The van der Waals surface area contributed by atoms with E-state index < -0.39 is 0 Å². The van der Waals surface area contributed by atoms with Gasteiger partial charge in [0.25, 0.3) is 5.56 Å². The van der Waals surface area contributed by atoms with E-state index in [1.54, 1.807) is 27.7 Å². The summed E-state index contributed by atoms with van der Waals surface area (Å²) in [6.45, 7) is 8.88. The maximum atomic E-state index is 13.7. The fourth-order valence-corrected chi connectivity index (χ4v) is 6.08. The van der Waals surface area contributed by atoms with Crippen LogP contribution in [0.25, 0.3) is 15.9 Å². The molecule has 0 spiro atoms. The Morgan fingerprint density at radius 2 is 1.88 bits per heavy atom. The number of rotatable bonds is 8. The van der Waals surface area contributed by atoms with Crippen LogP contribution in [0, 0.1) is 13.8 Å². The van der Waals surface area contributed by atoms with Crippen LogP contribution < -0.4 is 10.3 Å². The van der Waals surface area contributed by atoms with Gasteiger partial charge in [0.1, 0.15) is 10.6 Å². The van der Waals surface area contributed by atoms with Gasteiger partial charge < -0.3 is 4.74 Å². The van der Waals surface area contributed by atoms with E-state index in [1.807, 2.05) is 31.2 Å². The highest BCUT2D eigenvalue weighted by atomic mass is 32.2. The van der Waals surface area contributed by atoms with E-state index in [2.05, 4.69) is 45.0 Å². The van der Waals surface area contributed by atoms with E-state index in [9.17, 15) is 4.79 Å². The standard InChI is InChI=1S/C26H28N2O2S2/c1-5-8-22-18(4)23-24(32-22)27-26(31-16-19-10-7-9-17(3)15-19)28(25(23)29)20-11-13-21(14-12-20)30-6-2/h7,9-15H,5-6,8,16H2,1-4H3. The van der Waals surface area contributed by atoms with Crippen LogP contribution in [0.4, 0.5) is 0 Å². The molecule has 6 heteroatoms. The molecule has 0 fully saturated rings. The first-order valence-electron chi connectivity index (χ1n) is 11.0. The maximum Gasteiger partial charge on any atom is 0.267 e. The van der Waals surface area contributed by atoms with Crippen molar-refractivity contribution in [3.8, 4) is 11.4 Å². The van der Waals surface area contributed by atoms with Gasteiger partial charge in [-0.1, -0.05) is 54.9 Å². The Balaban J connectivity index is 1.83. The Morgan fingerprint density at radius 1 is 1.09 bits per heavy atom. The van der Waals surface area contributed by atoms with Gasteiger partial charge in [-0.15, -0.1) is 11.3 Å². The minimum absolute atomic E-state index is 0.00186. The third-order valence-electron chi connectivity index (χ3n) is 5.37. The predicted octanol–water partition coefficient (Wildman–Crippen LogP) is 6.71. The van der Waals surface area contributed by atoms with Crippen LogP contribution in [-0.4, -0.2) is 16.2 Å². The molecule has 0 aliphatic carbocycles. The average Bonchev–Trinajstić information content (AvgIpc) is 3.09. The van der Waals surface area contributed by atoms with Crippen molar-refractivity contribution in [2.24, 2.45) is 0 Å². The van der Waals surface area contributed by atoms with Crippen molar-refractivity contribution in [3.63, 3.8) is 0 Å². The third kappa shape index (κ3) is 4.62. The van der Waals surface area contributed by atoms with Crippen LogP contribution >= 0.6 is 23.1 Å². The van der Waals surface area contributed by atoms with Gasteiger partial charge in [-0.25, -0.2) is 4.98 Å². The zero-order chi connectivity index (χ0) is 22.7. The number of aromatic nitrogens is 2. The smallest absolute Gasteiger partial charge is 0.267 e. The van der Waals surface area contributed by atoms with Crippen molar-refractivity contribution in [1.29, 1.82) is 0 Å². The molecule has 4 nitrogen and oxygen atoms in total. The minimum Gasteiger partial charge on any atom is -0.494 e. The van der Waals surface area contributed by atoms with Crippen LogP contribution in [0.5, 0.6) is 5.75 Å². The second kappa shape index (κ2) is 9.92. The molecule has 0 saturated carbocycles. The van der Waals surface area contributed by atoms with E-state index in [1.165, 1.54) is 16.0 Å². The number of ether oxygens (including phenoxy) is 1. The third-order valence-corrected chi connectivity index (χ3v) is 7.62. The Kier molecular flexibility index (Phi) is 7.01. The SMILES string of the molecule is CCCc1sc2nc(SCc3cccc(C)c3)n(-c3ccc(OCC)cc3)c(=O)c2c1C. The first-order chi connectivity index (χ1) is 15.5. The predicted molar refractivity (Wildman–Crippen MR) is 136 cm³/mol. The largest absolute Gasteiger partial charge is 0.494 e. The lowest BCUT2D eigenvalue weighted by Crippen LogP contribution is -2.21. The normalized spacial score (nSPS) is 11.2. The molecule has 4 rings (SSSR count). The van der Waals surface area contributed by atoms with Gasteiger partial charge >= 0.3 is 0 Å². The Morgan fingerprint density at radius 3 is 2.56 bits per heavy atom. The molecule has 0 aliphatic rings. The van der Waals surface area contributed by atoms with Gasteiger partial charge in [0.2, 0.25) is 0 Å². The number of aryl methyl sites for hydroxylation is 3. The molecule has 0 N–H and O–H groups in total. The van der Waals surface area contributed by atoms with Gasteiger partial charge in [0.05, 0.1) is 17.7 Å². The maximum absolute atomic E-state index is 13.7. The molecule has 0 saturated heterocycles. The van der Waals surface area contributed by atoms with Gasteiger partial charge in [-0.3, -0.25) is 9.36 Å². The van der Waals surface area contributed by atoms with Crippen LogP contribution in [0.1, 0.15) is 41.8 Å². The summed E-state index contributed by atoms with van der Waals surface area (Å²) in [5.74, 6) is 1.55. The first-order valence-corrected chi connectivity index (χ1v) is 12.8. The summed E-state index contributed by atoms with van der Waals surface area (Å²) >= 11 is 3.26. The number of nitrogens with zero attached hydrogens (tertiary/aromatic N) is 2. The van der Waals surface area contributed by atoms with Crippen LogP contribution in [-0.2, 0) is 12.2 Å². The molecule has 0 amide bonds. The lowest BCUT2D eigenvalue weighted by molar-refractivity contribution is 0.340. The number of thiophene rings is 1. The van der Waals surface area contributed by atoms with E-state index in [4.69, 9.17) is 9.72 Å². The molecule has 0 aliphatic heterocycles. The van der Waals surface area contributed by atoms with Gasteiger partial charge in [-0.05, 0) is 62.6 Å². The van der Waals surface area contributed by atoms with Crippen molar-refractivity contribution in [2.45, 2.75) is 51.4 Å². The summed E-state index contributed by atoms with van der Waals surface area (Å²) in [5, 5.41) is 1.46. The second-order valence-electron chi connectivity index (χ2n) is 7.82. The number of hydrogen-bond donors (Lipinski definition) is 0. The van der Waals surface area contributed by atoms with Gasteiger partial charge in [-0.2, -0.15) is 0 Å². The zero-order valence-corrected chi connectivity index (χ0v) is 20.6. The van der Waals surface area contributed by atoms with Crippen LogP contribution in [0.3, 0.4) is 0 Å². The van der Waals surface area contributed by atoms with Gasteiger partial charge in [0.15, 0.2) is 5.16 Å². The summed E-state index contributed by atoms with van der Waals surface area (Å²) in [4.78, 5) is 20.8. The van der Waals surface area contributed by atoms with Crippen LogP contribution in [0.2, 0.25) is 0 Å². The van der Waals surface area contributed by atoms with Crippen molar-refractivity contribution >= 4 is 33.3 Å².